The first-order valence-electron chi connectivity index (χ1n) is 5.21. The maximum atomic E-state index is 5.43. The highest BCUT2D eigenvalue weighted by atomic mass is 79.9. The number of ether oxygens (including phenoxy) is 1. The average Bonchev–Trinajstić information content (AvgIpc) is 2.31. The number of rotatable bonds is 2. The molecule has 0 bridgehead atoms. The molecule has 15 heavy (non-hydrogen) atoms. The van der Waals surface area contributed by atoms with E-state index in [2.05, 4.69) is 52.8 Å². The molecule has 1 fully saturated rings. The summed E-state index contributed by atoms with van der Waals surface area (Å²) in [5.41, 5.74) is 1.62. The molecule has 82 valence electrons. The van der Waals surface area contributed by atoms with Crippen molar-refractivity contribution in [3.8, 4) is 0 Å². The summed E-state index contributed by atoms with van der Waals surface area (Å²) in [5, 5.41) is 0. The van der Waals surface area contributed by atoms with Gasteiger partial charge in [-0.2, -0.15) is 12.6 Å². The minimum Gasteiger partial charge on any atom is -0.381 e. The fraction of sp³-hybridized carbons (Fsp3) is 0.500. The molecule has 0 aromatic heterocycles. The largest absolute Gasteiger partial charge is 0.381 e. The van der Waals surface area contributed by atoms with Gasteiger partial charge in [0.05, 0.1) is 0 Å². The van der Waals surface area contributed by atoms with Crippen LogP contribution in [0.2, 0.25) is 0 Å². The zero-order valence-corrected chi connectivity index (χ0v) is 11.1. The van der Waals surface area contributed by atoms with Gasteiger partial charge in [-0.15, -0.1) is 0 Å². The molecule has 0 spiro atoms. The van der Waals surface area contributed by atoms with Crippen molar-refractivity contribution in [3.63, 3.8) is 0 Å². The van der Waals surface area contributed by atoms with E-state index in [1.165, 1.54) is 5.56 Å². The molecule has 0 N–H and O–H groups in total. The molecule has 2 rings (SSSR count). The van der Waals surface area contributed by atoms with Gasteiger partial charge in [0, 0.05) is 28.9 Å². The maximum Gasteiger partial charge on any atom is 0.0474 e. The fourth-order valence-electron chi connectivity index (χ4n) is 2.10. The molecular formula is C12H15BrOS. The number of benzene rings is 1. The topological polar surface area (TPSA) is 9.23 Å². The standard InChI is InChI=1S/C12H15BrOS/c13-11-3-1-10(2-4-11)12(9-15)5-7-14-8-6-12/h1-4,15H,5-9H2. The van der Waals surface area contributed by atoms with Crippen LogP contribution in [0.4, 0.5) is 0 Å². The van der Waals surface area contributed by atoms with Gasteiger partial charge in [-0.1, -0.05) is 28.1 Å². The summed E-state index contributed by atoms with van der Waals surface area (Å²) < 4.78 is 6.56. The average molecular weight is 287 g/mol. The van der Waals surface area contributed by atoms with Crippen LogP contribution in [0.3, 0.4) is 0 Å². The van der Waals surface area contributed by atoms with Crippen molar-refractivity contribution in [1.82, 2.24) is 0 Å². The fourth-order valence-corrected chi connectivity index (χ4v) is 2.87. The highest BCUT2D eigenvalue weighted by Crippen LogP contribution is 2.36. The highest BCUT2D eigenvalue weighted by molar-refractivity contribution is 9.10. The molecule has 0 saturated carbocycles. The smallest absolute Gasteiger partial charge is 0.0474 e. The number of hydrogen-bond donors (Lipinski definition) is 1. The molecule has 3 heteroatoms. The minimum absolute atomic E-state index is 0.224. The van der Waals surface area contributed by atoms with Crippen molar-refractivity contribution < 1.29 is 4.74 Å². The molecule has 0 amide bonds. The third kappa shape index (κ3) is 2.40. The molecule has 1 nitrogen and oxygen atoms in total. The first-order valence-corrected chi connectivity index (χ1v) is 6.64. The van der Waals surface area contributed by atoms with E-state index >= 15 is 0 Å². The van der Waals surface area contributed by atoms with Crippen LogP contribution in [0.1, 0.15) is 18.4 Å². The van der Waals surface area contributed by atoms with Crippen molar-refractivity contribution in [3.05, 3.63) is 34.3 Å². The van der Waals surface area contributed by atoms with Gasteiger partial charge in [0.15, 0.2) is 0 Å². The summed E-state index contributed by atoms with van der Waals surface area (Å²) in [6.45, 7) is 1.72. The van der Waals surface area contributed by atoms with Crippen molar-refractivity contribution in [2.75, 3.05) is 19.0 Å². The Bertz CT molecular complexity index is 317. The third-order valence-electron chi connectivity index (χ3n) is 3.21. The number of thiol groups is 1. The van der Waals surface area contributed by atoms with E-state index in [4.69, 9.17) is 4.74 Å². The van der Waals surface area contributed by atoms with Crippen LogP contribution in [0.15, 0.2) is 28.7 Å². The SMILES string of the molecule is SCC1(c2ccc(Br)cc2)CCOCC1. The van der Waals surface area contributed by atoms with Crippen LogP contribution < -0.4 is 0 Å². The summed E-state index contributed by atoms with van der Waals surface area (Å²) in [4.78, 5) is 0. The van der Waals surface area contributed by atoms with Gasteiger partial charge in [0.1, 0.15) is 0 Å². The molecule has 1 aromatic rings. The van der Waals surface area contributed by atoms with Gasteiger partial charge >= 0.3 is 0 Å². The lowest BCUT2D eigenvalue weighted by Gasteiger charge is -2.36. The van der Waals surface area contributed by atoms with Gasteiger partial charge in [-0.25, -0.2) is 0 Å². The Labute approximate surface area is 105 Å². The van der Waals surface area contributed by atoms with Crippen LogP contribution >= 0.6 is 28.6 Å². The Hall–Kier alpha value is 0.01000. The van der Waals surface area contributed by atoms with Gasteiger partial charge in [0.2, 0.25) is 0 Å². The summed E-state index contributed by atoms with van der Waals surface area (Å²) >= 11 is 7.98. The molecular weight excluding hydrogens is 272 g/mol. The number of halogens is 1. The first kappa shape index (κ1) is 11.5. The lowest BCUT2D eigenvalue weighted by Crippen LogP contribution is -2.35. The minimum atomic E-state index is 0.224. The van der Waals surface area contributed by atoms with Gasteiger partial charge < -0.3 is 4.74 Å². The molecule has 1 aromatic carbocycles. The number of hydrogen-bond acceptors (Lipinski definition) is 2. The van der Waals surface area contributed by atoms with Crippen molar-refractivity contribution in [2.45, 2.75) is 18.3 Å². The molecule has 0 aliphatic carbocycles. The Balaban J connectivity index is 2.28. The molecule has 1 saturated heterocycles. The Morgan fingerprint density at radius 2 is 1.80 bits per heavy atom. The monoisotopic (exact) mass is 286 g/mol. The third-order valence-corrected chi connectivity index (χ3v) is 4.34. The summed E-state index contributed by atoms with van der Waals surface area (Å²) in [6.07, 6.45) is 2.16. The molecule has 0 unspecified atom stereocenters. The van der Waals surface area contributed by atoms with Crippen molar-refractivity contribution in [1.29, 1.82) is 0 Å². The molecule has 1 heterocycles. The lowest BCUT2D eigenvalue weighted by atomic mass is 9.76. The summed E-state index contributed by atoms with van der Waals surface area (Å²) in [5.74, 6) is 0.901. The molecule has 1 aliphatic rings. The second kappa shape index (κ2) is 4.89. The second-order valence-corrected chi connectivity index (χ2v) is 5.29. The quantitative estimate of drug-likeness (QED) is 0.820. The van der Waals surface area contributed by atoms with Crippen molar-refractivity contribution in [2.24, 2.45) is 0 Å². The van der Waals surface area contributed by atoms with E-state index in [0.717, 1.165) is 36.3 Å². The maximum absolute atomic E-state index is 5.43. The lowest BCUT2D eigenvalue weighted by molar-refractivity contribution is 0.0581. The Kier molecular flexibility index (Phi) is 3.75. The molecule has 1 aliphatic heterocycles. The van der Waals surface area contributed by atoms with Crippen LogP contribution in [0.25, 0.3) is 0 Å². The van der Waals surface area contributed by atoms with E-state index in [9.17, 15) is 0 Å². The van der Waals surface area contributed by atoms with E-state index in [0.29, 0.717) is 0 Å². The van der Waals surface area contributed by atoms with Crippen LogP contribution in [0, 0.1) is 0 Å². The van der Waals surface area contributed by atoms with E-state index < -0.39 is 0 Å². The van der Waals surface area contributed by atoms with E-state index in [-0.39, 0.29) is 5.41 Å². The predicted molar refractivity (Wildman–Crippen MR) is 69.7 cm³/mol. The van der Waals surface area contributed by atoms with E-state index in [1.54, 1.807) is 0 Å². The Morgan fingerprint density at radius 1 is 1.20 bits per heavy atom. The summed E-state index contributed by atoms with van der Waals surface area (Å²) in [6, 6.07) is 8.61. The predicted octanol–water partition coefficient (Wildman–Crippen LogP) is 3.43. The molecule has 0 atom stereocenters. The van der Waals surface area contributed by atoms with Gasteiger partial charge in [0.25, 0.3) is 0 Å². The summed E-state index contributed by atoms with van der Waals surface area (Å²) in [7, 11) is 0. The Morgan fingerprint density at radius 3 is 2.33 bits per heavy atom. The van der Waals surface area contributed by atoms with Crippen LogP contribution in [-0.2, 0) is 10.2 Å². The molecule has 0 radical (unpaired) electrons. The second-order valence-electron chi connectivity index (χ2n) is 4.06. The zero-order valence-electron chi connectivity index (χ0n) is 8.58. The van der Waals surface area contributed by atoms with E-state index in [1.807, 2.05) is 0 Å². The van der Waals surface area contributed by atoms with Crippen LogP contribution in [0.5, 0.6) is 0 Å². The normalized spacial score (nSPS) is 20.1. The highest BCUT2D eigenvalue weighted by Gasteiger charge is 2.32. The van der Waals surface area contributed by atoms with Crippen molar-refractivity contribution >= 4 is 28.6 Å². The van der Waals surface area contributed by atoms with Crippen LogP contribution in [-0.4, -0.2) is 19.0 Å². The zero-order chi connectivity index (χ0) is 10.7. The first-order chi connectivity index (χ1) is 7.27. The van der Waals surface area contributed by atoms with Gasteiger partial charge in [-0.3, -0.25) is 0 Å². The van der Waals surface area contributed by atoms with Gasteiger partial charge in [-0.05, 0) is 30.5 Å².